The second-order valence-corrected chi connectivity index (χ2v) is 5.47. The third-order valence-electron chi connectivity index (χ3n) is 3.97. The largest absolute Gasteiger partial charge is 0.352 e. The molecule has 4 heteroatoms. The van der Waals surface area contributed by atoms with Crippen molar-refractivity contribution in [3.8, 4) is 0 Å². The first-order valence-electron chi connectivity index (χ1n) is 7.45. The monoisotopic (exact) mass is 278 g/mol. The predicted octanol–water partition coefficient (Wildman–Crippen LogP) is 2.82. The Labute approximate surface area is 120 Å². The maximum Gasteiger partial charge on any atom is 0.254 e. The fraction of sp³-hybridized carbons (Fsp3) is 0.562. The molecule has 0 radical (unpaired) electrons. The van der Waals surface area contributed by atoms with E-state index in [1.807, 2.05) is 0 Å². The number of hydrogen-bond donors (Lipinski definition) is 1. The lowest BCUT2D eigenvalue weighted by Gasteiger charge is -2.33. The van der Waals surface area contributed by atoms with Crippen LogP contribution in [0.4, 0.5) is 4.39 Å². The van der Waals surface area contributed by atoms with Crippen LogP contribution in [0.2, 0.25) is 0 Å². The lowest BCUT2D eigenvalue weighted by Crippen LogP contribution is -2.39. The van der Waals surface area contributed by atoms with E-state index < -0.39 is 5.82 Å². The number of nitrogens with one attached hydrogen (secondary N) is 1. The first-order chi connectivity index (χ1) is 9.68. The molecule has 1 heterocycles. The Morgan fingerprint density at radius 3 is 2.95 bits per heavy atom. The van der Waals surface area contributed by atoms with Gasteiger partial charge in [0.25, 0.3) is 5.91 Å². The fourth-order valence-electron chi connectivity index (χ4n) is 2.71. The normalized spacial score (nSPS) is 19.8. The van der Waals surface area contributed by atoms with E-state index in [4.69, 9.17) is 0 Å². The summed E-state index contributed by atoms with van der Waals surface area (Å²) in [4.78, 5) is 14.3. The van der Waals surface area contributed by atoms with Crippen molar-refractivity contribution in [2.75, 3.05) is 19.6 Å². The number of benzene rings is 1. The number of piperidine rings is 1. The molecule has 1 aromatic rings. The zero-order valence-corrected chi connectivity index (χ0v) is 12.1. The van der Waals surface area contributed by atoms with Crippen LogP contribution in [0.1, 0.15) is 43.0 Å². The summed E-state index contributed by atoms with van der Waals surface area (Å²) in [5, 5.41) is 2.79. The van der Waals surface area contributed by atoms with Crippen LogP contribution in [-0.2, 0) is 0 Å². The average Bonchev–Trinajstić information content (AvgIpc) is 2.45. The quantitative estimate of drug-likeness (QED) is 0.840. The third kappa shape index (κ3) is 4.04. The Morgan fingerprint density at radius 1 is 1.40 bits per heavy atom. The second-order valence-electron chi connectivity index (χ2n) is 5.47. The molecule has 1 fully saturated rings. The van der Waals surface area contributed by atoms with E-state index in [2.05, 4.69) is 17.1 Å². The molecule has 20 heavy (non-hydrogen) atoms. The Balaban J connectivity index is 1.71. The number of likely N-dealkylation sites (tertiary alicyclic amines) is 1. The van der Waals surface area contributed by atoms with Crippen molar-refractivity contribution in [1.29, 1.82) is 0 Å². The summed E-state index contributed by atoms with van der Waals surface area (Å²) in [6, 6.07) is 6.73. The first-order valence-corrected chi connectivity index (χ1v) is 7.45. The van der Waals surface area contributed by atoms with Crippen molar-refractivity contribution in [2.45, 2.75) is 38.6 Å². The van der Waals surface area contributed by atoms with Crippen molar-refractivity contribution in [3.63, 3.8) is 0 Å². The zero-order valence-electron chi connectivity index (χ0n) is 12.1. The van der Waals surface area contributed by atoms with Gasteiger partial charge in [0, 0.05) is 19.1 Å². The van der Waals surface area contributed by atoms with Crippen molar-refractivity contribution < 1.29 is 9.18 Å². The third-order valence-corrected chi connectivity index (χ3v) is 3.97. The molecule has 0 aromatic heterocycles. The lowest BCUT2D eigenvalue weighted by atomic mass is 10.0. The van der Waals surface area contributed by atoms with E-state index in [1.165, 1.54) is 31.4 Å². The van der Waals surface area contributed by atoms with Gasteiger partial charge < -0.3 is 10.2 Å². The summed E-state index contributed by atoms with van der Waals surface area (Å²) in [6.45, 7) is 5.01. The van der Waals surface area contributed by atoms with Gasteiger partial charge in [0.2, 0.25) is 0 Å². The minimum Gasteiger partial charge on any atom is -0.352 e. The van der Waals surface area contributed by atoms with Crippen LogP contribution < -0.4 is 5.32 Å². The molecule has 1 amide bonds. The standard InChI is InChI=1S/C16H23FN2O/c1-13-7-4-5-11-19(13)12-6-10-18-16(20)14-8-2-3-9-15(14)17/h2-3,8-9,13H,4-7,10-12H2,1H3,(H,18,20). The molecule has 1 unspecified atom stereocenters. The Kier molecular flexibility index (Phi) is 5.53. The van der Waals surface area contributed by atoms with Crippen LogP contribution in [0.15, 0.2) is 24.3 Å². The summed E-state index contributed by atoms with van der Waals surface area (Å²) >= 11 is 0. The maximum atomic E-state index is 13.4. The molecule has 1 aliphatic heterocycles. The SMILES string of the molecule is CC1CCCCN1CCCNC(=O)c1ccccc1F. The van der Waals surface area contributed by atoms with Gasteiger partial charge in [-0.15, -0.1) is 0 Å². The van der Waals surface area contributed by atoms with Gasteiger partial charge in [-0.05, 0) is 44.9 Å². The number of nitrogens with zero attached hydrogens (tertiary/aromatic N) is 1. The summed E-state index contributed by atoms with van der Waals surface area (Å²) in [7, 11) is 0. The lowest BCUT2D eigenvalue weighted by molar-refractivity contribution is 0.0945. The Morgan fingerprint density at radius 2 is 2.20 bits per heavy atom. The molecule has 0 saturated carbocycles. The molecule has 0 spiro atoms. The highest BCUT2D eigenvalue weighted by atomic mass is 19.1. The Bertz CT molecular complexity index is 450. The molecular formula is C16H23FN2O. The van der Waals surface area contributed by atoms with Gasteiger partial charge in [0.1, 0.15) is 5.82 Å². The van der Waals surface area contributed by atoms with Crippen molar-refractivity contribution in [3.05, 3.63) is 35.6 Å². The van der Waals surface area contributed by atoms with Gasteiger partial charge in [-0.3, -0.25) is 4.79 Å². The zero-order chi connectivity index (χ0) is 14.4. The van der Waals surface area contributed by atoms with Gasteiger partial charge >= 0.3 is 0 Å². The number of carbonyl (C=O) groups is 1. The molecule has 1 N–H and O–H groups in total. The highest BCUT2D eigenvalue weighted by Crippen LogP contribution is 2.16. The van der Waals surface area contributed by atoms with Crippen LogP contribution in [0, 0.1) is 5.82 Å². The summed E-state index contributed by atoms with van der Waals surface area (Å²) < 4.78 is 13.4. The summed E-state index contributed by atoms with van der Waals surface area (Å²) in [5.74, 6) is -0.788. The number of hydrogen-bond acceptors (Lipinski definition) is 2. The minimum absolute atomic E-state index is 0.124. The van der Waals surface area contributed by atoms with Gasteiger partial charge in [-0.2, -0.15) is 0 Å². The predicted molar refractivity (Wildman–Crippen MR) is 78.2 cm³/mol. The molecule has 1 atom stereocenters. The van der Waals surface area contributed by atoms with E-state index in [9.17, 15) is 9.18 Å². The molecular weight excluding hydrogens is 255 g/mol. The number of rotatable bonds is 5. The van der Waals surface area contributed by atoms with Crippen LogP contribution >= 0.6 is 0 Å². The first kappa shape index (κ1) is 15.0. The van der Waals surface area contributed by atoms with E-state index >= 15 is 0 Å². The summed E-state index contributed by atoms with van der Waals surface area (Å²) in [6.07, 6.45) is 4.76. The van der Waals surface area contributed by atoms with E-state index in [0.29, 0.717) is 12.6 Å². The second kappa shape index (κ2) is 7.39. The van der Waals surface area contributed by atoms with Crippen molar-refractivity contribution in [2.24, 2.45) is 0 Å². The molecule has 0 aliphatic carbocycles. The summed E-state index contributed by atoms with van der Waals surface area (Å²) in [5.41, 5.74) is 0.124. The highest BCUT2D eigenvalue weighted by Gasteiger charge is 2.17. The van der Waals surface area contributed by atoms with Crippen LogP contribution in [0.25, 0.3) is 0 Å². The van der Waals surface area contributed by atoms with Crippen LogP contribution in [0.3, 0.4) is 0 Å². The van der Waals surface area contributed by atoms with E-state index in [0.717, 1.165) is 19.5 Å². The molecule has 1 aliphatic rings. The van der Waals surface area contributed by atoms with Gasteiger partial charge in [0.15, 0.2) is 0 Å². The van der Waals surface area contributed by atoms with E-state index in [-0.39, 0.29) is 11.5 Å². The molecule has 0 bridgehead atoms. The minimum atomic E-state index is -0.463. The number of amides is 1. The fourth-order valence-corrected chi connectivity index (χ4v) is 2.71. The molecule has 3 nitrogen and oxygen atoms in total. The van der Waals surface area contributed by atoms with Crippen LogP contribution in [-0.4, -0.2) is 36.5 Å². The Hall–Kier alpha value is -1.42. The smallest absolute Gasteiger partial charge is 0.254 e. The average molecular weight is 278 g/mol. The number of halogens is 1. The van der Waals surface area contributed by atoms with E-state index in [1.54, 1.807) is 12.1 Å². The van der Waals surface area contributed by atoms with Gasteiger partial charge in [-0.25, -0.2) is 4.39 Å². The topological polar surface area (TPSA) is 32.3 Å². The van der Waals surface area contributed by atoms with Crippen LogP contribution in [0.5, 0.6) is 0 Å². The highest BCUT2D eigenvalue weighted by molar-refractivity contribution is 5.94. The number of carbonyl (C=O) groups excluding carboxylic acids is 1. The van der Waals surface area contributed by atoms with Gasteiger partial charge in [-0.1, -0.05) is 18.6 Å². The maximum absolute atomic E-state index is 13.4. The molecule has 1 aromatic carbocycles. The molecule has 1 saturated heterocycles. The van der Waals surface area contributed by atoms with Crippen molar-refractivity contribution >= 4 is 5.91 Å². The molecule has 110 valence electrons. The van der Waals surface area contributed by atoms with Gasteiger partial charge in [0.05, 0.1) is 5.56 Å². The molecule has 2 rings (SSSR count). The van der Waals surface area contributed by atoms with Crippen molar-refractivity contribution in [1.82, 2.24) is 10.2 Å².